The Labute approximate surface area is 190 Å². The SMILES string of the molecule is COc1cc2nc(Nc3nc4ccc(N5CCCCC5)cc4c(=O)[nH]3)nc(C)c2cc1OC. The van der Waals surface area contributed by atoms with E-state index < -0.39 is 0 Å². The van der Waals surface area contributed by atoms with Crippen molar-refractivity contribution < 1.29 is 9.47 Å². The molecule has 2 aromatic carbocycles. The molecule has 0 bridgehead atoms. The smallest absolute Gasteiger partial charge is 0.260 e. The molecule has 1 saturated heterocycles. The number of rotatable bonds is 5. The summed E-state index contributed by atoms with van der Waals surface area (Å²) in [6.07, 6.45) is 3.62. The van der Waals surface area contributed by atoms with Crippen molar-refractivity contribution in [3.63, 3.8) is 0 Å². The van der Waals surface area contributed by atoms with Crippen LogP contribution in [0.5, 0.6) is 11.5 Å². The van der Waals surface area contributed by atoms with E-state index in [9.17, 15) is 4.79 Å². The highest BCUT2D eigenvalue weighted by Gasteiger charge is 2.15. The van der Waals surface area contributed by atoms with E-state index in [2.05, 4.69) is 30.2 Å². The molecule has 0 spiro atoms. The number of ether oxygens (including phenoxy) is 2. The number of piperidine rings is 1. The predicted octanol–water partition coefficient (Wildman–Crippen LogP) is 3.93. The van der Waals surface area contributed by atoms with Crippen LogP contribution in [0.4, 0.5) is 17.6 Å². The number of anilines is 3. The first-order chi connectivity index (χ1) is 16.1. The maximum absolute atomic E-state index is 12.8. The minimum Gasteiger partial charge on any atom is -0.493 e. The van der Waals surface area contributed by atoms with Crippen molar-refractivity contribution in [2.24, 2.45) is 0 Å². The highest BCUT2D eigenvalue weighted by Crippen LogP contribution is 2.33. The summed E-state index contributed by atoms with van der Waals surface area (Å²) in [6.45, 7) is 3.93. The van der Waals surface area contributed by atoms with E-state index in [1.807, 2.05) is 31.2 Å². The standard InChI is InChI=1S/C24H26N6O3/c1-14-16-12-20(32-2)21(33-3)13-19(16)27-23(25-14)29-24-26-18-8-7-15(11-17(18)22(31)28-24)30-9-5-4-6-10-30/h7-8,11-13H,4-6,9-10H2,1-3H3,(H2,25,26,27,28,29,31). The second-order valence-electron chi connectivity index (χ2n) is 8.15. The number of H-pyrrole nitrogens is 1. The minimum absolute atomic E-state index is 0.203. The first-order valence-corrected chi connectivity index (χ1v) is 11.0. The molecule has 33 heavy (non-hydrogen) atoms. The van der Waals surface area contributed by atoms with Gasteiger partial charge in [0.2, 0.25) is 11.9 Å². The van der Waals surface area contributed by atoms with Crippen molar-refractivity contribution in [1.82, 2.24) is 19.9 Å². The molecule has 0 amide bonds. The fraction of sp³-hybridized carbons (Fsp3) is 0.333. The maximum atomic E-state index is 12.8. The summed E-state index contributed by atoms with van der Waals surface area (Å²) in [5, 5.41) is 4.46. The average molecular weight is 447 g/mol. The zero-order valence-electron chi connectivity index (χ0n) is 18.9. The Morgan fingerprint density at radius 2 is 1.67 bits per heavy atom. The molecule has 9 nitrogen and oxygen atoms in total. The van der Waals surface area contributed by atoms with Crippen molar-refractivity contribution in [2.75, 3.05) is 37.5 Å². The number of methoxy groups -OCH3 is 2. The lowest BCUT2D eigenvalue weighted by atomic mass is 10.1. The summed E-state index contributed by atoms with van der Waals surface area (Å²) in [4.78, 5) is 31.6. The molecule has 4 aromatic rings. The Morgan fingerprint density at radius 1 is 0.909 bits per heavy atom. The number of nitrogens with one attached hydrogen (secondary N) is 2. The second kappa shape index (κ2) is 8.57. The summed E-state index contributed by atoms with van der Waals surface area (Å²) in [5.41, 5.74) is 2.93. The topological polar surface area (TPSA) is 105 Å². The number of hydrogen-bond acceptors (Lipinski definition) is 8. The molecule has 9 heteroatoms. The highest BCUT2D eigenvalue weighted by atomic mass is 16.5. The van der Waals surface area contributed by atoms with Crippen molar-refractivity contribution in [1.29, 1.82) is 0 Å². The summed E-state index contributed by atoms with van der Waals surface area (Å²) < 4.78 is 10.8. The van der Waals surface area contributed by atoms with Gasteiger partial charge in [-0.3, -0.25) is 15.1 Å². The van der Waals surface area contributed by atoms with E-state index in [4.69, 9.17) is 9.47 Å². The second-order valence-corrected chi connectivity index (χ2v) is 8.15. The van der Waals surface area contributed by atoms with Crippen LogP contribution in [0.15, 0.2) is 35.1 Å². The Morgan fingerprint density at radius 3 is 2.42 bits per heavy atom. The molecule has 170 valence electrons. The van der Waals surface area contributed by atoms with Gasteiger partial charge in [-0.05, 0) is 50.5 Å². The van der Waals surface area contributed by atoms with E-state index in [1.165, 1.54) is 19.3 Å². The van der Waals surface area contributed by atoms with Crippen LogP contribution in [-0.4, -0.2) is 47.2 Å². The van der Waals surface area contributed by atoms with Crippen molar-refractivity contribution in [2.45, 2.75) is 26.2 Å². The number of hydrogen-bond donors (Lipinski definition) is 2. The van der Waals surface area contributed by atoms with E-state index in [1.54, 1.807) is 20.3 Å². The summed E-state index contributed by atoms with van der Waals surface area (Å²) in [5.74, 6) is 1.81. The summed E-state index contributed by atoms with van der Waals surface area (Å²) >= 11 is 0. The maximum Gasteiger partial charge on any atom is 0.260 e. The van der Waals surface area contributed by atoms with Crippen LogP contribution in [0.2, 0.25) is 0 Å². The van der Waals surface area contributed by atoms with E-state index >= 15 is 0 Å². The van der Waals surface area contributed by atoms with Gasteiger partial charge in [0, 0.05) is 30.2 Å². The van der Waals surface area contributed by atoms with Gasteiger partial charge in [0.15, 0.2) is 11.5 Å². The summed E-state index contributed by atoms with van der Waals surface area (Å²) in [6, 6.07) is 9.49. The fourth-order valence-electron chi connectivity index (χ4n) is 4.31. The lowest BCUT2D eigenvalue weighted by Crippen LogP contribution is -2.29. The Hall–Kier alpha value is -3.88. The van der Waals surface area contributed by atoms with Crippen molar-refractivity contribution in [3.05, 3.63) is 46.4 Å². The molecule has 3 heterocycles. The number of aromatic amines is 1. The number of nitrogens with zero attached hydrogens (tertiary/aromatic N) is 4. The highest BCUT2D eigenvalue weighted by molar-refractivity contribution is 5.86. The Bertz CT molecular complexity index is 1390. The molecule has 1 fully saturated rings. The molecular weight excluding hydrogens is 420 g/mol. The van der Waals surface area contributed by atoms with Gasteiger partial charge in [0.05, 0.1) is 36.3 Å². The largest absolute Gasteiger partial charge is 0.493 e. The van der Waals surface area contributed by atoms with Crippen LogP contribution in [0.3, 0.4) is 0 Å². The van der Waals surface area contributed by atoms with Crippen LogP contribution in [-0.2, 0) is 0 Å². The Kier molecular flexibility index (Phi) is 5.45. The fourth-order valence-corrected chi connectivity index (χ4v) is 4.31. The van der Waals surface area contributed by atoms with Crippen LogP contribution >= 0.6 is 0 Å². The lowest BCUT2D eigenvalue weighted by molar-refractivity contribution is 0.355. The van der Waals surface area contributed by atoms with Crippen LogP contribution in [0, 0.1) is 6.92 Å². The molecular formula is C24H26N6O3. The third-order valence-electron chi connectivity index (χ3n) is 6.03. The minimum atomic E-state index is -0.203. The number of aromatic nitrogens is 4. The molecule has 1 aliphatic heterocycles. The van der Waals surface area contributed by atoms with Crippen molar-refractivity contribution >= 4 is 39.4 Å². The first kappa shape index (κ1) is 21.0. The van der Waals surface area contributed by atoms with Gasteiger partial charge in [0.1, 0.15) is 0 Å². The molecule has 0 saturated carbocycles. The predicted molar refractivity (Wildman–Crippen MR) is 129 cm³/mol. The normalized spacial score (nSPS) is 14.0. The van der Waals surface area contributed by atoms with Gasteiger partial charge in [-0.1, -0.05) is 0 Å². The van der Waals surface area contributed by atoms with Crippen LogP contribution in [0.1, 0.15) is 25.0 Å². The number of benzene rings is 2. The third-order valence-corrected chi connectivity index (χ3v) is 6.03. The molecule has 0 aliphatic carbocycles. The number of aryl methyl sites for hydroxylation is 1. The van der Waals surface area contributed by atoms with Gasteiger partial charge in [-0.25, -0.2) is 15.0 Å². The molecule has 0 unspecified atom stereocenters. The van der Waals surface area contributed by atoms with Gasteiger partial charge in [-0.15, -0.1) is 0 Å². The monoisotopic (exact) mass is 446 g/mol. The van der Waals surface area contributed by atoms with E-state index in [0.717, 1.165) is 29.9 Å². The first-order valence-electron chi connectivity index (χ1n) is 11.0. The van der Waals surface area contributed by atoms with Gasteiger partial charge in [0.25, 0.3) is 5.56 Å². The van der Waals surface area contributed by atoms with Crippen molar-refractivity contribution in [3.8, 4) is 11.5 Å². The van der Waals surface area contributed by atoms with Gasteiger partial charge < -0.3 is 14.4 Å². The third kappa shape index (κ3) is 4.02. The average Bonchev–Trinajstić information content (AvgIpc) is 2.83. The van der Waals surface area contributed by atoms with Gasteiger partial charge >= 0.3 is 0 Å². The lowest BCUT2D eigenvalue weighted by Gasteiger charge is -2.28. The zero-order valence-corrected chi connectivity index (χ0v) is 18.9. The van der Waals surface area contributed by atoms with E-state index in [0.29, 0.717) is 33.9 Å². The quantitative estimate of drug-likeness (QED) is 0.475. The molecule has 5 rings (SSSR count). The molecule has 0 atom stereocenters. The van der Waals surface area contributed by atoms with Gasteiger partial charge in [-0.2, -0.15) is 0 Å². The molecule has 2 aromatic heterocycles. The molecule has 0 radical (unpaired) electrons. The molecule has 1 aliphatic rings. The van der Waals surface area contributed by atoms with Crippen LogP contribution < -0.4 is 25.2 Å². The molecule has 2 N–H and O–H groups in total. The van der Waals surface area contributed by atoms with E-state index in [-0.39, 0.29) is 11.5 Å². The summed E-state index contributed by atoms with van der Waals surface area (Å²) in [7, 11) is 3.17. The Balaban J connectivity index is 1.48. The van der Waals surface area contributed by atoms with Crippen LogP contribution in [0.25, 0.3) is 21.8 Å². The number of fused-ring (bicyclic) bond motifs is 2. The zero-order chi connectivity index (χ0) is 22.9.